The van der Waals surface area contributed by atoms with E-state index in [1.165, 1.54) is 33.4 Å². The van der Waals surface area contributed by atoms with Gasteiger partial charge in [0.2, 0.25) is 0 Å². The molecule has 0 aliphatic heterocycles. The summed E-state index contributed by atoms with van der Waals surface area (Å²) in [6, 6.07) is 30.5. The standard InChI is InChI=1S/C28H23Cl/c1-18-8-10-19(11-9-18)22-14-12-21(17-27(22)29)20-13-15-26-24(16-20)23-6-4-5-7-25(23)28(26,2)3/h4-17H,1-3H3. The molecule has 0 bridgehead atoms. The predicted octanol–water partition coefficient (Wildman–Crippen LogP) is 8.29. The number of hydrogen-bond donors (Lipinski definition) is 0. The Hall–Kier alpha value is -2.83. The summed E-state index contributed by atoms with van der Waals surface area (Å²) in [6.45, 7) is 6.72. The number of aryl methyl sites for hydroxylation is 1. The van der Waals surface area contributed by atoms with Crippen molar-refractivity contribution in [1.29, 1.82) is 0 Å². The molecule has 0 radical (unpaired) electrons. The third-order valence-corrected chi connectivity index (χ3v) is 6.56. The highest BCUT2D eigenvalue weighted by molar-refractivity contribution is 6.33. The molecule has 0 spiro atoms. The van der Waals surface area contributed by atoms with Gasteiger partial charge < -0.3 is 0 Å². The lowest BCUT2D eigenvalue weighted by atomic mass is 9.82. The maximum Gasteiger partial charge on any atom is 0.0490 e. The highest BCUT2D eigenvalue weighted by Crippen LogP contribution is 2.49. The minimum Gasteiger partial charge on any atom is -0.0836 e. The molecule has 5 rings (SSSR count). The lowest BCUT2D eigenvalue weighted by Gasteiger charge is -2.21. The van der Waals surface area contributed by atoms with E-state index in [4.69, 9.17) is 11.6 Å². The van der Waals surface area contributed by atoms with Crippen LogP contribution in [0, 0.1) is 6.92 Å². The van der Waals surface area contributed by atoms with Gasteiger partial charge in [0.05, 0.1) is 0 Å². The van der Waals surface area contributed by atoms with Crippen LogP contribution in [0.15, 0.2) is 84.9 Å². The normalized spacial score (nSPS) is 13.8. The van der Waals surface area contributed by atoms with Crippen LogP contribution in [0.25, 0.3) is 33.4 Å². The van der Waals surface area contributed by atoms with Crippen molar-refractivity contribution >= 4 is 11.6 Å². The van der Waals surface area contributed by atoms with Crippen molar-refractivity contribution in [2.75, 3.05) is 0 Å². The molecular weight excluding hydrogens is 372 g/mol. The smallest absolute Gasteiger partial charge is 0.0490 e. The summed E-state index contributed by atoms with van der Waals surface area (Å²) in [5.74, 6) is 0. The van der Waals surface area contributed by atoms with Gasteiger partial charge in [-0.3, -0.25) is 0 Å². The molecule has 29 heavy (non-hydrogen) atoms. The van der Waals surface area contributed by atoms with Crippen LogP contribution in [0.5, 0.6) is 0 Å². The van der Waals surface area contributed by atoms with Crippen molar-refractivity contribution in [1.82, 2.24) is 0 Å². The summed E-state index contributed by atoms with van der Waals surface area (Å²) in [5, 5.41) is 0.785. The van der Waals surface area contributed by atoms with Gasteiger partial charge >= 0.3 is 0 Å². The quantitative estimate of drug-likeness (QED) is 0.320. The first-order chi connectivity index (χ1) is 13.9. The Morgan fingerprint density at radius 1 is 0.586 bits per heavy atom. The Balaban J connectivity index is 1.59. The van der Waals surface area contributed by atoms with Gasteiger partial charge in [-0.1, -0.05) is 104 Å². The second kappa shape index (κ2) is 6.61. The van der Waals surface area contributed by atoms with E-state index < -0.39 is 0 Å². The highest BCUT2D eigenvalue weighted by Gasteiger charge is 2.35. The van der Waals surface area contributed by atoms with E-state index >= 15 is 0 Å². The molecule has 0 nitrogen and oxygen atoms in total. The van der Waals surface area contributed by atoms with Gasteiger partial charge in [-0.2, -0.15) is 0 Å². The van der Waals surface area contributed by atoms with Gasteiger partial charge in [-0.15, -0.1) is 0 Å². The number of hydrogen-bond acceptors (Lipinski definition) is 0. The molecule has 0 N–H and O–H groups in total. The van der Waals surface area contributed by atoms with Crippen molar-refractivity contribution in [2.45, 2.75) is 26.2 Å². The molecule has 1 heteroatoms. The summed E-state index contributed by atoms with van der Waals surface area (Å²) in [4.78, 5) is 0. The van der Waals surface area contributed by atoms with Crippen LogP contribution in [0.3, 0.4) is 0 Å². The highest BCUT2D eigenvalue weighted by atomic mass is 35.5. The van der Waals surface area contributed by atoms with E-state index in [9.17, 15) is 0 Å². The molecule has 4 aromatic rings. The molecule has 0 fully saturated rings. The van der Waals surface area contributed by atoms with E-state index in [2.05, 4.69) is 106 Å². The Kier molecular flexibility index (Phi) is 4.15. The Bertz CT molecular complexity index is 1230. The topological polar surface area (TPSA) is 0 Å². The first-order valence-electron chi connectivity index (χ1n) is 10.1. The number of benzene rings is 4. The van der Waals surface area contributed by atoms with Gasteiger partial charge in [0.15, 0.2) is 0 Å². The zero-order valence-electron chi connectivity index (χ0n) is 17.0. The average Bonchev–Trinajstić information content (AvgIpc) is 2.96. The van der Waals surface area contributed by atoms with Crippen LogP contribution >= 0.6 is 11.6 Å². The van der Waals surface area contributed by atoms with Gasteiger partial charge in [0.1, 0.15) is 0 Å². The van der Waals surface area contributed by atoms with Crippen molar-refractivity contribution < 1.29 is 0 Å². The molecule has 0 saturated heterocycles. The Morgan fingerprint density at radius 2 is 1.21 bits per heavy atom. The summed E-state index contributed by atoms with van der Waals surface area (Å²) in [5.41, 5.74) is 11.3. The Morgan fingerprint density at radius 3 is 1.97 bits per heavy atom. The molecule has 0 saturated carbocycles. The lowest BCUT2D eigenvalue weighted by Crippen LogP contribution is -2.14. The zero-order valence-corrected chi connectivity index (χ0v) is 17.7. The van der Waals surface area contributed by atoms with E-state index in [-0.39, 0.29) is 5.41 Å². The van der Waals surface area contributed by atoms with Crippen LogP contribution in [0.2, 0.25) is 5.02 Å². The largest absolute Gasteiger partial charge is 0.0836 e. The Labute approximate surface area is 177 Å². The molecular formula is C28H23Cl. The average molecular weight is 395 g/mol. The molecule has 0 aromatic heterocycles. The molecule has 1 aliphatic rings. The number of halogens is 1. The fourth-order valence-electron chi connectivity index (χ4n) is 4.56. The van der Waals surface area contributed by atoms with Gasteiger partial charge in [-0.05, 0) is 58.0 Å². The van der Waals surface area contributed by atoms with Crippen LogP contribution in [0.1, 0.15) is 30.5 Å². The third kappa shape index (κ3) is 2.91. The molecule has 0 heterocycles. The second-order valence-electron chi connectivity index (χ2n) is 8.49. The SMILES string of the molecule is Cc1ccc(-c2ccc(-c3ccc4c(c3)-c3ccccc3C4(C)C)cc2Cl)cc1. The summed E-state index contributed by atoms with van der Waals surface area (Å²) in [7, 11) is 0. The fraction of sp³-hybridized carbons (Fsp3) is 0.143. The van der Waals surface area contributed by atoms with Crippen molar-refractivity contribution in [3.05, 3.63) is 107 Å². The van der Waals surface area contributed by atoms with Gasteiger partial charge in [0, 0.05) is 16.0 Å². The monoisotopic (exact) mass is 394 g/mol. The van der Waals surface area contributed by atoms with Gasteiger partial charge in [0.25, 0.3) is 0 Å². The van der Waals surface area contributed by atoms with E-state index in [1.807, 2.05) is 0 Å². The summed E-state index contributed by atoms with van der Waals surface area (Å²) < 4.78 is 0. The number of rotatable bonds is 2. The molecule has 0 amide bonds. The second-order valence-corrected chi connectivity index (χ2v) is 8.90. The van der Waals surface area contributed by atoms with Crippen LogP contribution < -0.4 is 0 Å². The molecule has 142 valence electrons. The maximum atomic E-state index is 6.70. The minimum atomic E-state index is 0.0391. The van der Waals surface area contributed by atoms with Crippen LogP contribution in [0.4, 0.5) is 0 Å². The number of fused-ring (bicyclic) bond motifs is 3. The third-order valence-electron chi connectivity index (χ3n) is 6.25. The molecule has 0 unspecified atom stereocenters. The van der Waals surface area contributed by atoms with Crippen molar-refractivity contribution in [2.24, 2.45) is 0 Å². The molecule has 1 aliphatic carbocycles. The first-order valence-corrected chi connectivity index (χ1v) is 10.4. The van der Waals surface area contributed by atoms with Crippen LogP contribution in [-0.2, 0) is 5.41 Å². The first kappa shape index (κ1) is 18.2. The zero-order chi connectivity index (χ0) is 20.2. The lowest BCUT2D eigenvalue weighted by molar-refractivity contribution is 0.660. The van der Waals surface area contributed by atoms with E-state index in [0.29, 0.717) is 0 Å². The summed E-state index contributed by atoms with van der Waals surface area (Å²) >= 11 is 6.70. The van der Waals surface area contributed by atoms with E-state index in [0.717, 1.165) is 21.7 Å². The fourth-order valence-corrected chi connectivity index (χ4v) is 4.85. The molecule has 0 atom stereocenters. The van der Waals surface area contributed by atoms with Crippen LogP contribution in [-0.4, -0.2) is 0 Å². The molecule has 4 aromatic carbocycles. The maximum absolute atomic E-state index is 6.70. The van der Waals surface area contributed by atoms with Crippen molar-refractivity contribution in [3.63, 3.8) is 0 Å². The van der Waals surface area contributed by atoms with Gasteiger partial charge in [-0.25, -0.2) is 0 Å². The van der Waals surface area contributed by atoms with E-state index in [1.54, 1.807) is 0 Å². The van der Waals surface area contributed by atoms with Crippen molar-refractivity contribution in [3.8, 4) is 33.4 Å². The predicted molar refractivity (Wildman–Crippen MR) is 125 cm³/mol. The summed E-state index contributed by atoms with van der Waals surface area (Å²) in [6.07, 6.45) is 0. The minimum absolute atomic E-state index is 0.0391.